The minimum Gasteiger partial charge on any atom is -0.494 e. The summed E-state index contributed by atoms with van der Waals surface area (Å²) in [5.41, 5.74) is 0.509. The van der Waals surface area contributed by atoms with Gasteiger partial charge in [-0.3, -0.25) is 25.2 Å². The average molecular weight is 437 g/mol. The molecule has 0 aromatic heterocycles. The topological polar surface area (TPSA) is 126 Å². The van der Waals surface area contributed by atoms with E-state index in [1.807, 2.05) is 31.2 Å². The first-order valence-electron chi connectivity index (χ1n) is 9.47. The number of rotatable bonds is 9. The van der Waals surface area contributed by atoms with Crippen molar-refractivity contribution >= 4 is 23.3 Å². The quantitative estimate of drug-likeness (QED) is 0.247. The van der Waals surface area contributed by atoms with E-state index < -0.39 is 21.2 Å². The summed E-state index contributed by atoms with van der Waals surface area (Å²) in [5, 5.41) is 22.2. The predicted molar refractivity (Wildman–Crippen MR) is 118 cm³/mol. The highest BCUT2D eigenvalue weighted by molar-refractivity contribution is 5.83. The van der Waals surface area contributed by atoms with E-state index in [9.17, 15) is 20.2 Å². The Bertz CT molecular complexity index is 1160. The first kappa shape index (κ1) is 22.2. The Morgan fingerprint density at radius 2 is 1.62 bits per heavy atom. The van der Waals surface area contributed by atoms with Crippen LogP contribution >= 0.6 is 0 Å². The van der Waals surface area contributed by atoms with Crippen molar-refractivity contribution in [3.05, 3.63) is 86.5 Å². The third kappa shape index (κ3) is 5.36. The summed E-state index contributed by atoms with van der Waals surface area (Å²) >= 11 is 0. The number of nitro groups is 2. The highest BCUT2D eigenvalue weighted by Crippen LogP contribution is 2.38. The van der Waals surface area contributed by atoms with Gasteiger partial charge in [0.2, 0.25) is 5.75 Å². The number of hydrogen-bond acceptors (Lipinski definition) is 8. The fourth-order valence-electron chi connectivity index (χ4n) is 2.76. The second kappa shape index (κ2) is 10.0. The Balaban J connectivity index is 1.83. The Morgan fingerprint density at radius 1 is 0.906 bits per heavy atom. The molecule has 0 saturated carbocycles. The van der Waals surface area contributed by atoms with Crippen molar-refractivity contribution in [1.82, 2.24) is 0 Å². The summed E-state index contributed by atoms with van der Waals surface area (Å²) in [7, 11) is 1.43. The normalized spacial score (nSPS) is 10.7. The van der Waals surface area contributed by atoms with Crippen LogP contribution in [-0.4, -0.2) is 29.8 Å². The molecule has 0 spiro atoms. The van der Waals surface area contributed by atoms with Crippen LogP contribution in [0.4, 0.5) is 17.1 Å². The van der Waals surface area contributed by atoms with Gasteiger partial charge in [0.05, 0.1) is 35.3 Å². The molecule has 0 fully saturated rings. The van der Waals surface area contributed by atoms with Crippen molar-refractivity contribution in [1.29, 1.82) is 0 Å². The van der Waals surface area contributed by atoms with Gasteiger partial charge in [0, 0.05) is 12.3 Å². The molecular formula is C22H19N3O7. The molecule has 0 heterocycles. The van der Waals surface area contributed by atoms with E-state index >= 15 is 0 Å². The van der Waals surface area contributed by atoms with Gasteiger partial charge in [0.1, 0.15) is 5.75 Å². The molecule has 10 heteroatoms. The number of nitrogens with zero attached hydrogens (tertiary/aromatic N) is 3. The van der Waals surface area contributed by atoms with Gasteiger partial charge in [-0.1, -0.05) is 0 Å². The van der Waals surface area contributed by atoms with Crippen LogP contribution in [0, 0.1) is 20.2 Å². The van der Waals surface area contributed by atoms with Crippen LogP contribution in [0.15, 0.2) is 65.7 Å². The lowest BCUT2D eigenvalue weighted by Crippen LogP contribution is -1.97. The largest absolute Gasteiger partial charge is 0.494 e. The summed E-state index contributed by atoms with van der Waals surface area (Å²) in [6, 6.07) is 15.4. The molecule has 0 amide bonds. The number of hydrogen-bond donors (Lipinski definition) is 0. The molecule has 0 aliphatic heterocycles. The van der Waals surface area contributed by atoms with E-state index in [0.717, 1.165) is 23.6 Å². The number of ether oxygens (including phenoxy) is 3. The van der Waals surface area contributed by atoms with Crippen LogP contribution in [0.2, 0.25) is 0 Å². The zero-order chi connectivity index (χ0) is 23.1. The predicted octanol–water partition coefficient (Wildman–Crippen LogP) is 5.45. The highest BCUT2D eigenvalue weighted by Gasteiger charge is 2.22. The molecule has 0 aliphatic carbocycles. The summed E-state index contributed by atoms with van der Waals surface area (Å²) in [6.07, 6.45) is 1.64. The molecular weight excluding hydrogens is 418 g/mol. The van der Waals surface area contributed by atoms with Gasteiger partial charge in [-0.25, -0.2) is 0 Å². The van der Waals surface area contributed by atoms with Crippen molar-refractivity contribution < 1.29 is 24.1 Å². The van der Waals surface area contributed by atoms with Gasteiger partial charge in [0.25, 0.3) is 5.69 Å². The maximum atomic E-state index is 11.3. The van der Waals surface area contributed by atoms with Crippen molar-refractivity contribution in [2.75, 3.05) is 13.7 Å². The van der Waals surface area contributed by atoms with Crippen LogP contribution in [0.1, 0.15) is 12.5 Å². The van der Waals surface area contributed by atoms with E-state index in [0.29, 0.717) is 17.9 Å². The van der Waals surface area contributed by atoms with Gasteiger partial charge < -0.3 is 14.2 Å². The minimum absolute atomic E-state index is 0.144. The molecule has 0 unspecified atom stereocenters. The van der Waals surface area contributed by atoms with Crippen LogP contribution in [0.3, 0.4) is 0 Å². The number of nitro benzene ring substituents is 2. The zero-order valence-corrected chi connectivity index (χ0v) is 17.3. The summed E-state index contributed by atoms with van der Waals surface area (Å²) in [6.45, 7) is 2.49. The molecule has 10 nitrogen and oxygen atoms in total. The fourth-order valence-corrected chi connectivity index (χ4v) is 2.76. The SMILES string of the molecule is CCOc1ccc(N=Cc2ccc(Oc3ccc([N+](=O)[O-])cc3[N+](=O)[O-])c(OC)c2)cc1. The lowest BCUT2D eigenvalue weighted by molar-refractivity contribution is -0.394. The lowest BCUT2D eigenvalue weighted by Gasteiger charge is -2.11. The van der Waals surface area contributed by atoms with Crippen molar-refractivity contribution in [3.8, 4) is 23.0 Å². The van der Waals surface area contributed by atoms with E-state index in [2.05, 4.69) is 4.99 Å². The smallest absolute Gasteiger partial charge is 0.318 e. The standard InChI is InChI=1S/C22H19N3O7/c1-3-31-18-8-5-16(6-9-18)23-14-15-4-10-21(22(12-15)30-2)32-20-11-7-17(24(26)27)13-19(20)25(28)29/h4-14H,3H2,1-2H3. The van der Waals surface area contributed by atoms with Gasteiger partial charge in [-0.15, -0.1) is 0 Å². The van der Waals surface area contributed by atoms with Crippen molar-refractivity contribution in [2.45, 2.75) is 6.92 Å². The summed E-state index contributed by atoms with van der Waals surface area (Å²) in [4.78, 5) is 25.2. The zero-order valence-electron chi connectivity index (χ0n) is 17.3. The molecule has 32 heavy (non-hydrogen) atoms. The van der Waals surface area contributed by atoms with Crippen LogP contribution in [-0.2, 0) is 0 Å². The van der Waals surface area contributed by atoms with Crippen LogP contribution in [0.25, 0.3) is 0 Å². The fraction of sp³-hybridized carbons (Fsp3) is 0.136. The maximum absolute atomic E-state index is 11.3. The Labute approximate surface area is 183 Å². The Morgan fingerprint density at radius 3 is 2.25 bits per heavy atom. The molecule has 0 atom stereocenters. The Kier molecular flexibility index (Phi) is 6.96. The molecule has 3 aromatic carbocycles. The summed E-state index contributed by atoms with van der Waals surface area (Å²) < 4.78 is 16.4. The molecule has 0 N–H and O–H groups in total. The lowest BCUT2D eigenvalue weighted by atomic mass is 10.2. The minimum atomic E-state index is -0.743. The second-order valence-corrected chi connectivity index (χ2v) is 6.36. The molecule has 0 saturated heterocycles. The van der Waals surface area contributed by atoms with Gasteiger partial charge in [0.15, 0.2) is 11.5 Å². The number of non-ortho nitro benzene ring substituents is 1. The second-order valence-electron chi connectivity index (χ2n) is 6.36. The van der Waals surface area contributed by atoms with E-state index in [4.69, 9.17) is 14.2 Å². The maximum Gasteiger partial charge on any atom is 0.318 e. The van der Waals surface area contributed by atoms with Crippen molar-refractivity contribution in [2.24, 2.45) is 4.99 Å². The highest BCUT2D eigenvalue weighted by atomic mass is 16.6. The molecule has 0 radical (unpaired) electrons. The van der Waals surface area contributed by atoms with E-state index in [-0.39, 0.29) is 11.5 Å². The molecule has 3 aromatic rings. The Hall–Kier alpha value is -4.47. The van der Waals surface area contributed by atoms with Crippen LogP contribution < -0.4 is 14.2 Å². The first-order chi connectivity index (χ1) is 15.4. The van der Waals surface area contributed by atoms with Crippen molar-refractivity contribution in [3.63, 3.8) is 0 Å². The van der Waals surface area contributed by atoms with Crippen LogP contribution in [0.5, 0.6) is 23.0 Å². The monoisotopic (exact) mass is 437 g/mol. The van der Waals surface area contributed by atoms with E-state index in [1.165, 1.54) is 13.2 Å². The molecule has 0 bridgehead atoms. The number of aliphatic imine (C=N–C) groups is 1. The number of benzene rings is 3. The molecule has 3 rings (SSSR count). The third-order valence-electron chi connectivity index (χ3n) is 4.27. The van der Waals surface area contributed by atoms with E-state index in [1.54, 1.807) is 24.4 Å². The summed E-state index contributed by atoms with van der Waals surface area (Å²) in [5.74, 6) is 1.14. The van der Waals surface area contributed by atoms with Gasteiger partial charge >= 0.3 is 5.69 Å². The molecule has 0 aliphatic rings. The first-order valence-corrected chi connectivity index (χ1v) is 9.47. The van der Waals surface area contributed by atoms with Gasteiger partial charge in [-0.2, -0.15) is 0 Å². The number of methoxy groups -OCH3 is 1. The molecule has 164 valence electrons. The average Bonchev–Trinajstić information content (AvgIpc) is 2.79. The van der Waals surface area contributed by atoms with Gasteiger partial charge in [-0.05, 0) is 61.0 Å². The third-order valence-corrected chi connectivity index (χ3v) is 4.27.